The molecule has 102 valence electrons. The van der Waals surface area contributed by atoms with Crippen LogP contribution in [-0.2, 0) is 11.0 Å². The van der Waals surface area contributed by atoms with Gasteiger partial charge in [0.25, 0.3) is 0 Å². The number of anilines is 1. The summed E-state index contributed by atoms with van der Waals surface area (Å²) in [7, 11) is 0. The third kappa shape index (κ3) is 3.88. The fourth-order valence-corrected chi connectivity index (χ4v) is 1.32. The van der Waals surface area contributed by atoms with Crippen LogP contribution in [0.25, 0.3) is 0 Å². The molecule has 0 saturated heterocycles. The second-order valence-electron chi connectivity index (χ2n) is 3.99. The van der Waals surface area contributed by atoms with Crippen molar-refractivity contribution in [2.75, 3.05) is 11.9 Å². The maximum Gasteiger partial charge on any atom is 0.416 e. The minimum Gasteiger partial charge on any atom is -0.481 e. The van der Waals surface area contributed by atoms with Gasteiger partial charge in [0.2, 0.25) is 0 Å². The van der Waals surface area contributed by atoms with Gasteiger partial charge in [0.15, 0.2) is 0 Å². The van der Waals surface area contributed by atoms with Crippen LogP contribution in [0.4, 0.5) is 18.9 Å². The van der Waals surface area contributed by atoms with E-state index in [-0.39, 0.29) is 17.8 Å². The fourth-order valence-electron chi connectivity index (χ4n) is 1.32. The van der Waals surface area contributed by atoms with E-state index in [1.165, 1.54) is 6.92 Å². The van der Waals surface area contributed by atoms with Gasteiger partial charge in [0.05, 0.1) is 22.7 Å². The van der Waals surface area contributed by atoms with Gasteiger partial charge in [-0.05, 0) is 18.2 Å². The Balaban J connectivity index is 2.92. The highest BCUT2D eigenvalue weighted by atomic mass is 19.4. The third-order valence-electron chi connectivity index (χ3n) is 2.49. The lowest BCUT2D eigenvalue weighted by atomic mass is 10.1. The molecular weight excluding hydrogens is 261 g/mol. The average molecular weight is 272 g/mol. The summed E-state index contributed by atoms with van der Waals surface area (Å²) in [6.07, 6.45) is -4.52. The minimum atomic E-state index is -4.52. The van der Waals surface area contributed by atoms with E-state index in [0.717, 1.165) is 18.2 Å². The van der Waals surface area contributed by atoms with Gasteiger partial charge in [-0.3, -0.25) is 4.79 Å². The summed E-state index contributed by atoms with van der Waals surface area (Å²) in [6, 6.07) is 4.34. The lowest BCUT2D eigenvalue weighted by molar-refractivity contribution is -0.140. The number of carboxylic acids is 1. The summed E-state index contributed by atoms with van der Waals surface area (Å²) in [6.45, 7) is 1.47. The van der Waals surface area contributed by atoms with E-state index in [0.29, 0.717) is 0 Å². The SMILES string of the molecule is CC(CNc1ccc(C(F)(F)F)cc1C#N)C(=O)O. The first-order valence-corrected chi connectivity index (χ1v) is 5.33. The molecule has 1 unspecified atom stereocenters. The quantitative estimate of drug-likeness (QED) is 0.883. The van der Waals surface area contributed by atoms with Gasteiger partial charge >= 0.3 is 12.1 Å². The first-order chi connectivity index (χ1) is 8.75. The van der Waals surface area contributed by atoms with E-state index < -0.39 is 23.6 Å². The van der Waals surface area contributed by atoms with Crippen LogP contribution in [0.2, 0.25) is 0 Å². The number of nitriles is 1. The van der Waals surface area contributed by atoms with Gasteiger partial charge in [-0.25, -0.2) is 0 Å². The lowest BCUT2D eigenvalue weighted by Crippen LogP contribution is -2.20. The summed E-state index contributed by atoms with van der Waals surface area (Å²) in [5.74, 6) is -1.74. The van der Waals surface area contributed by atoms with Gasteiger partial charge < -0.3 is 10.4 Å². The van der Waals surface area contributed by atoms with Crippen molar-refractivity contribution in [1.82, 2.24) is 0 Å². The molecule has 1 aromatic rings. The Morgan fingerprint density at radius 2 is 2.16 bits per heavy atom. The zero-order valence-electron chi connectivity index (χ0n) is 9.95. The summed E-state index contributed by atoms with van der Waals surface area (Å²) in [5, 5.41) is 20.1. The Kier molecular flexibility index (Phi) is 4.38. The van der Waals surface area contributed by atoms with E-state index in [9.17, 15) is 18.0 Å². The average Bonchev–Trinajstić information content (AvgIpc) is 2.34. The molecule has 0 aliphatic heterocycles. The summed E-state index contributed by atoms with van der Waals surface area (Å²) in [4.78, 5) is 10.6. The molecule has 4 nitrogen and oxygen atoms in total. The van der Waals surface area contributed by atoms with E-state index in [1.54, 1.807) is 6.07 Å². The van der Waals surface area contributed by atoms with Crippen molar-refractivity contribution in [1.29, 1.82) is 5.26 Å². The molecule has 0 aliphatic carbocycles. The molecule has 7 heteroatoms. The van der Waals surface area contributed by atoms with Gasteiger partial charge in [0, 0.05) is 6.54 Å². The standard InChI is InChI=1S/C12H11F3N2O2/c1-7(11(18)19)6-17-10-3-2-9(12(13,14)15)4-8(10)5-16/h2-4,7,17H,6H2,1H3,(H,18,19). The van der Waals surface area contributed by atoms with E-state index in [2.05, 4.69) is 5.32 Å². The molecule has 0 fully saturated rings. The number of hydrogen-bond donors (Lipinski definition) is 2. The Morgan fingerprint density at radius 1 is 1.53 bits per heavy atom. The predicted molar refractivity (Wildman–Crippen MR) is 61.4 cm³/mol. The Labute approximate surface area is 107 Å². The number of carbonyl (C=O) groups is 1. The monoisotopic (exact) mass is 272 g/mol. The highest BCUT2D eigenvalue weighted by molar-refractivity contribution is 5.70. The van der Waals surface area contributed by atoms with Gasteiger partial charge in [-0.2, -0.15) is 18.4 Å². The first-order valence-electron chi connectivity index (χ1n) is 5.33. The van der Waals surface area contributed by atoms with Crippen LogP contribution >= 0.6 is 0 Å². The normalized spacial score (nSPS) is 12.6. The van der Waals surface area contributed by atoms with Gasteiger partial charge in [0.1, 0.15) is 6.07 Å². The molecule has 0 aromatic heterocycles. The zero-order valence-corrected chi connectivity index (χ0v) is 9.95. The number of alkyl halides is 3. The molecule has 1 rings (SSSR count). The van der Waals surface area contributed by atoms with Crippen LogP contribution in [0, 0.1) is 17.2 Å². The number of nitrogens with zero attached hydrogens (tertiary/aromatic N) is 1. The zero-order chi connectivity index (χ0) is 14.6. The second kappa shape index (κ2) is 5.61. The van der Waals surface area contributed by atoms with Crippen molar-refractivity contribution in [2.24, 2.45) is 5.92 Å². The molecule has 1 atom stereocenters. The van der Waals surface area contributed by atoms with Crippen molar-refractivity contribution in [3.05, 3.63) is 29.3 Å². The first kappa shape index (κ1) is 14.8. The molecule has 0 bridgehead atoms. The highest BCUT2D eigenvalue weighted by Crippen LogP contribution is 2.31. The van der Waals surface area contributed by atoms with Crippen LogP contribution < -0.4 is 5.32 Å². The number of aliphatic carboxylic acids is 1. The number of benzene rings is 1. The van der Waals surface area contributed by atoms with Crippen molar-refractivity contribution in [2.45, 2.75) is 13.1 Å². The van der Waals surface area contributed by atoms with E-state index in [4.69, 9.17) is 10.4 Å². The van der Waals surface area contributed by atoms with Crippen LogP contribution in [0.5, 0.6) is 0 Å². The van der Waals surface area contributed by atoms with Crippen molar-refractivity contribution < 1.29 is 23.1 Å². The van der Waals surface area contributed by atoms with Crippen LogP contribution in [0.3, 0.4) is 0 Å². The van der Waals surface area contributed by atoms with Crippen molar-refractivity contribution in [3.8, 4) is 6.07 Å². The molecule has 0 heterocycles. The number of halogens is 3. The number of carboxylic acid groups (broad SMARTS) is 1. The summed E-state index contributed by atoms with van der Waals surface area (Å²) in [5.41, 5.74) is -0.906. The predicted octanol–water partition coefficient (Wildman–Crippen LogP) is 2.71. The fraction of sp³-hybridized carbons (Fsp3) is 0.333. The summed E-state index contributed by atoms with van der Waals surface area (Å²) >= 11 is 0. The number of hydrogen-bond acceptors (Lipinski definition) is 3. The highest BCUT2D eigenvalue weighted by Gasteiger charge is 2.31. The van der Waals surface area contributed by atoms with E-state index >= 15 is 0 Å². The summed E-state index contributed by atoms with van der Waals surface area (Å²) < 4.78 is 37.3. The minimum absolute atomic E-state index is 0.0232. The molecule has 0 radical (unpaired) electrons. The van der Waals surface area contributed by atoms with Crippen molar-refractivity contribution >= 4 is 11.7 Å². The van der Waals surface area contributed by atoms with E-state index in [1.807, 2.05) is 0 Å². The molecule has 2 N–H and O–H groups in total. The largest absolute Gasteiger partial charge is 0.481 e. The van der Waals surface area contributed by atoms with Crippen LogP contribution in [-0.4, -0.2) is 17.6 Å². The van der Waals surface area contributed by atoms with Crippen LogP contribution in [0.15, 0.2) is 18.2 Å². The molecular formula is C12H11F3N2O2. The lowest BCUT2D eigenvalue weighted by Gasteiger charge is -2.13. The molecule has 0 spiro atoms. The number of nitrogens with one attached hydrogen (secondary N) is 1. The van der Waals surface area contributed by atoms with Gasteiger partial charge in [-0.1, -0.05) is 6.92 Å². The Morgan fingerprint density at radius 3 is 2.63 bits per heavy atom. The number of rotatable bonds is 4. The molecule has 0 saturated carbocycles. The Bertz CT molecular complexity index is 521. The smallest absolute Gasteiger partial charge is 0.416 e. The second-order valence-corrected chi connectivity index (χ2v) is 3.99. The maximum atomic E-state index is 12.4. The van der Waals surface area contributed by atoms with Gasteiger partial charge in [-0.15, -0.1) is 0 Å². The molecule has 0 aliphatic rings. The topological polar surface area (TPSA) is 73.1 Å². The van der Waals surface area contributed by atoms with Crippen molar-refractivity contribution in [3.63, 3.8) is 0 Å². The molecule has 0 amide bonds. The third-order valence-corrected chi connectivity index (χ3v) is 2.49. The van der Waals surface area contributed by atoms with Crippen LogP contribution in [0.1, 0.15) is 18.1 Å². The molecule has 19 heavy (non-hydrogen) atoms. The maximum absolute atomic E-state index is 12.4. The molecule has 1 aromatic carbocycles. The Hall–Kier alpha value is -2.23.